The van der Waals surface area contributed by atoms with E-state index in [1.165, 1.54) is 6.07 Å². The Hall–Kier alpha value is -2.93. The molecule has 0 unspecified atom stereocenters. The van der Waals surface area contributed by atoms with Gasteiger partial charge in [-0.15, -0.1) is 0 Å². The van der Waals surface area contributed by atoms with Gasteiger partial charge in [0.1, 0.15) is 0 Å². The van der Waals surface area contributed by atoms with Gasteiger partial charge in [-0.1, -0.05) is 41.9 Å². The summed E-state index contributed by atoms with van der Waals surface area (Å²) in [5.41, 5.74) is 0.243. The first-order valence-corrected chi connectivity index (χ1v) is 8.34. The van der Waals surface area contributed by atoms with Gasteiger partial charge in [0, 0.05) is 23.7 Å². The van der Waals surface area contributed by atoms with Crippen molar-refractivity contribution in [2.75, 3.05) is 0 Å². The van der Waals surface area contributed by atoms with E-state index in [0.717, 1.165) is 25.0 Å². The standard InChI is InChI=1S/C18H15ClN2O5/c19-15-10-13(21(24)25)8-9-14(15)18(23)26-16(11-4-2-1-3-5-11)17(22)20-12-6-7-12/h1-5,8-10,12,16H,6-7H2,(H,20,22)/t16-/m1/s1. The Kier molecular flexibility index (Phi) is 5.18. The maximum Gasteiger partial charge on any atom is 0.340 e. The van der Waals surface area contributed by atoms with Crippen molar-refractivity contribution in [3.8, 4) is 0 Å². The van der Waals surface area contributed by atoms with Gasteiger partial charge in [-0.3, -0.25) is 14.9 Å². The zero-order chi connectivity index (χ0) is 18.7. The van der Waals surface area contributed by atoms with Crippen molar-refractivity contribution in [1.29, 1.82) is 0 Å². The molecule has 1 aliphatic rings. The van der Waals surface area contributed by atoms with Gasteiger partial charge >= 0.3 is 5.97 Å². The topological polar surface area (TPSA) is 98.5 Å². The van der Waals surface area contributed by atoms with Crippen molar-refractivity contribution in [2.24, 2.45) is 0 Å². The van der Waals surface area contributed by atoms with E-state index in [1.807, 2.05) is 0 Å². The fourth-order valence-electron chi connectivity index (χ4n) is 2.36. The van der Waals surface area contributed by atoms with Crippen LogP contribution in [0.4, 0.5) is 5.69 Å². The molecule has 1 fully saturated rings. The van der Waals surface area contributed by atoms with Crippen LogP contribution >= 0.6 is 11.6 Å². The summed E-state index contributed by atoms with van der Waals surface area (Å²) in [6.45, 7) is 0. The molecule has 26 heavy (non-hydrogen) atoms. The van der Waals surface area contributed by atoms with Crippen LogP contribution < -0.4 is 5.32 Å². The van der Waals surface area contributed by atoms with E-state index >= 15 is 0 Å². The van der Waals surface area contributed by atoms with Gasteiger partial charge in [-0.25, -0.2) is 4.79 Å². The molecule has 7 nitrogen and oxygen atoms in total. The summed E-state index contributed by atoms with van der Waals surface area (Å²) in [7, 11) is 0. The summed E-state index contributed by atoms with van der Waals surface area (Å²) < 4.78 is 5.39. The van der Waals surface area contributed by atoms with Crippen LogP contribution in [0, 0.1) is 10.1 Å². The monoisotopic (exact) mass is 374 g/mol. The predicted octanol–water partition coefficient (Wildman–Crippen LogP) is 3.42. The molecular formula is C18H15ClN2O5. The number of benzene rings is 2. The van der Waals surface area contributed by atoms with E-state index in [-0.39, 0.29) is 22.3 Å². The van der Waals surface area contributed by atoms with Crippen LogP contribution in [0.1, 0.15) is 34.9 Å². The summed E-state index contributed by atoms with van der Waals surface area (Å²) in [5.74, 6) is -1.24. The van der Waals surface area contributed by atoms with Gasteiger partial charge in [-0.05, 0) is 18.9 Å². The van der Waals surface area contributed by atoms with Crippen LogP contribution in [-0.4, -0.2) is 22.8 Å². The first-order valence-electron chi connectivity index (χ1n) is 7.96. The Morgan fingerprint density at radius 1 is 1.19 bits per heavy atom. The highest BCUT2D eigenvalue weighted by Crippen LogP contribution is 2.27. The molecule has 1 N–H and O–H groups in total. The van der Waals surface area contributed by atoms with Crippen molar-refractivity contribution in [3.63, 3.8) is 0 Å². The second-order valence-electron chi connectivity index (χ2n) is 5.90. The Morgan fingerprint density at radius 3 is 2.46 bits per heavy atom. The van der Waals surface area contributed by atoms with Crippen molar-refractivity contribution in [1.82, 2.24) is 5.32 Å². The molecular weight excluding hydrogens is 360 g/mol. The molecule has 0 heterocycles. The highest BCUT2D eigenvalue weighted by molar-refractivity contribution is 6.33. The number of non-ortho nitro benzene ring substituents is 1. The van der Waals surface area contributed by atoms with Gasteiger partial charge in [0.05, 0.1) is 15.5 Å². The van der Waals surface area contributed by atoms with Crippen LogP contribution in [0.25, 0.3) is 0 Å². The third-order valence-electron chi connectivity index (χ3n) is 3.87. The maximum absolute atomic E-state index is 12.5. The zero-order valence-corrected chi connectivity index (χ0v) is 14.3. The summed E-state index contributed by atoms with van der Waals surface area (Å²) in [6.07, 6.45) is 0.667. The molecule has 8 heteroatoms. The number of nitrogens with one attached hydrogen (secondary N) is 1. The third kappa shape index (κ3) is 4.18. The number of rotatable bonds is 6. The fraction of sp³-hybridized carbons (Fsp3) is 0.222. The van der Waals surface area contributed by atoms with Gasteiger partial charge in [-0.2, -0.15) is 0 Å². The van der Waals surface area contributed by atoms with Crippen LogP contribution in [0.2, 0.25) is 5.02 Å². The molecule has 0 aromatic heterocycles. The summed E-state index contributed by atoms with van der Waals surface area (Å²) >= 11 is 5.97. The van der Waals surface area contributed by atoms with Crippen LogP contribution in [0.5, 0.6) is 0 Å². The Labute approximate surface area is 154 Å². The van der Waals surface area contributed by atoms with Crippen LogP contribution in [0.3, 0.4) is 0 Å². The average Bonchev–Trinajstić information content (AvgIpc) is 3.43. The van der Waals surface area contributed by atoms with Crippen molar-refractivity contribution in [2.45, 2.75) is 25.0 Å². The molecule has 0 spiro atoms. The quantitative estimate of drug-likeness (QED) is 0.474. The number of nitrogens with zero attached hydrogens (tertiary/aromatic N) is 1. The Bertz CT molecular complexity index is 852. The molecule has 0 aliphatic heterocycles. The van der Waals surface area contributed by atoms with E-state index in [4.69, 9.17) is 16.3 Å². The first-order chi connectivity index (χ1) is 12.5. The number of hydrogen-bond donors (Lipinski definition) is 1. The minimum absolute atomic E-state index is 0.0441. The van der Waals surface area contributed by atoms with E-state index in [9.17, 15) is 19.7 Å². The molecule has 1 saturated carbocycles. The molecule has 1 amide bonds. The van der Waals surface area contributed by atoms with Crippen molar-refractivity contribution < 1.29 is 19.2 Å². The number of hydrogen-bond acceptors (Lipinski definition) is 5. The largest absolute Gasteiger partial charge is 0.444 e. The normalized spacial score (nSPS) is 14.3. The molecule has 1 aliphatic carbocycles. The lowest BCUT2D eigenvalue weighted by molar-refractivity contribution is -0.384. The summed E-state index contributed by atoms with van der Waals surface area (Å²) in [4.78, 5) is 35.1. The molecule has 2 aromatic carbocycles. The lowest BCUT2D eigenvalue weighted by Crippen LogP contribution is -2.33. The summed E-state index contributed by atoms with van der Waals surface area (Å²) in [6, 6.07) is 12.2. The average molecular weight is 375 g/mol. The van der Waals surface area contributed by atoms with E-state index in [1.54, 1.807) is 30.3 Å². The number of esters is 1. The smallest absolute Gasteiger partial charge is 0.340 e. The number of amides is 1. The molecule has 2 aromatic rings. The first kappa shape index (κ1) is 17.9. The Morgan fingerprint density at radius 2 is 1.88 bits per heavy atom. The second-order valence-corrected chi connectivity index (χ2v) is 6.31. The molecule has 0 radical (unpaired) electrons. The third-order valence-corrected chi connectivity index (χ3v) is 4.19. The minimum Gasteiger partial charge on any atom is -0.444 e. The summed E-state index contributed by atoms with van der Waals surface area (Å²) in [5, 5.41) is 13.5. The molecule has 1 atom stereocenters. The lowest BCUT2D eigenvalue weighted by Gasteiger charge is -2.18. The van der Waals surface area contributed by atoms with Crippen LogP contribution in [0.15, 0.2) is 48.5 Å². The number of halogens is 1. The van der Waals surface area contributed by atoms with Gasteiger partial charge in [0.2, 0.25) is 6.10 Å². The van der Waals surface area contributed by atoms with E-state index < -0.39 is 22.9 Å². The highest BCUT2D eigenvalue weighted by atomic mass is 35.5. The SMILES string of the molecule is O=C(O[C@@H](C(=O)NC1CC1)c1ccccc1)c1ccc([N+](=O)[O-])cc1Cl. The van der Waals surface area contributed by atoms with Gasteiger partial charge < -0.3 is 10.1 Å². The van der Waals surface area contributed by atoms with Gasteiger partial charge in [0.15, 0.2) is 0 Å². The van der Waals surface area contributed by atoms with Crippen molar-refractivity contribution in [3.05, 3.63) is 74.8 Å². The van der Waals surface area contributed by atoms with Crippen LogP contribution in [-0.2, 0) is 9.53 Å². The number of carbonyl (C=O) groups is 2. The second kappa shape index (κ2) is 7.53. The van der Waals surface area contributed by atoms with Gasteiger partial charge in [0.25, 0.3) is 11.6 Å². The molecule has 0 saturated heterocycles. The number of nitro groups is 1. The maximum atomic E-state index is 12.5. The lowest BCUT2D eigenvalue weighted by atomic mass is 10.1. The number of nitro benzene ring substituents is 1. The number of carbonyl (C=O) groups excluding carboxylic acids is 2. The zero-order valence-electron chi connectivity index (χ0n) is 13.6. The molecule has 3 rings (SSSR count). The van der Waals surface area contributed by atoms with Crippen molar-refractivity contribution >= 4 is 29.2 Å². The van der Waals surface area contributed by atoms with E-state index in [2.05, 4.69) is 5.32 Å². The number of ether oxygens (including phenoxy) is 1. The fourth-order valence-corrected chi connectivity index (χ4v) is 2.61. The minimum atomic E-state index is -1.13. The molecule has 134 valence electrons. The Balaban J connectivity index is 1.82. The van der Waals surface area contributed by atoms with E-state index in [0.29, 0.717) is 5.56 Å². The molecule has 0 bridgehead atoms. The highest BCUT2D eigenvalue weighted by Gasteiger charge is 2.31. The predicted molar refractivity (Wildman–Crippen MR) is 93.9 cm³/mol.